The van der Waals surface area contributed by atoms with E-state index in [2.05, 4.69) is 13.8 Å². The van der Waals surface area contributed by atoms with Crippen molar-refractivity contribution in [2.24, 2.45) is 23.2 Å². The molecule has 0 aromatic heterocycles. The molecule has 3 heteroatoms. The van der Waals surface area contributed by atoms with Crippen molar-refractivity contribution in [1.82, 2.24) is 0 Å². The Bertz CT molecular complexity index is 260. The van der Waals surface area contributed by atoms with E-state index in [4.69, 9.17) is 5.11 Å². The van der Waals surface area contributed by atoms with Gasteiger partial charge in [0, 0.05) is 22.3 Å². The summed E-state index contributed by atoms with van der Waals surface area (Å²) in [7, 11) is -0.797. The van der Waals surface area contributed by atoms with E-state index in [9.17, 15) is 4.21 Å². The summed E-state index contributed by atoms with van der Waals surface area (Å²) < 4.78 is 11.6. The molecule has 0 unspecified atom stereocenters. The quantitative estimate of drug-likeness (QED) is 0.799. The minimum Gasteiger partial charge on any atom is -0.395 e. The molecule has 3 rings (SSSR count). The second-order valence-electron chi connectivity index (χ2n) is 5.73. The molecule has 0 heterocycles. The molecule has 1 N–H and O–H groups in total. The van der Waals surface area contributed by atoms with E-state index < -0.39 is 10.8 Å². The van der Waals surface area contributed by atoms with Gasteiger partial charge in [-0.25, -0.2) is 0 Å². The van der Waals surface area contributed by atoms with E-state index in [1.165, 1.54) is 19.3 Å². The Labute approximate surface area is 94.9 Å². The molecule has 3 aliphatic carbocycles. The van der Waals surface area contributed by atoms with Crippen LogP contribution in [0.5, 0.6) is 0 Å². The van der Waals surface area contributed by atoms with Crippen LogP contribution in [0.2, 0.25) is 0 Å². The predicted octanol–water partition coefficient (Wildman–Crippen LogP) is 1.80. The Balaban J connectivity index is 1.91. The highest BCUT2D eigenvalue weighted by Crippen LogP contribution is 2.61. The van der Waals surface area contributed by atoms with Crippen molar-refractivity contribution in [2.75, 3.05) is 18.1 Å². The summed E-state index contributed by atoms with van der Waals surface area (Å²) in [6.45, 7) is 4.80. The lowest BCUT2D eigenvalue weighted by molar-refractivity contribution is -0.0975. The first-order chi connectivity index (χ1) is 7.05. The van der Waals surface area contributed by atoms with Gasteiger partial charge in [-0.15, -0.1) is 0 Å². The zero-order valence-electron chi connectivity index (χ0n) is 9.74. The molecule has 4 atom stereocenters. The Morgan fingerprint density at radius 1 is 1.40 bits per heavy atom. The summed E-state index contributed by atoms with van der Waals surface area (Å²) in [5.41, 5.74) is 0.492. The normalized spacial score (nSPS) is 39.5. The van der Waals surface area contributed by atoms with Crippen LogP contribution in [0.25, 0.3) is 0 Å². The van der Waals surface area contributed by atoms with Gasteiger partial charge in [0.2, 0.25) is 0 Å². The molecule has 88 valence electrons. The Morgan fingerprint density at radius 3 is 2.67 bits per heavy atom. The van der Waals surface area contributed by atoms with Gasteiger partial charge in [-0.1, -0.05) is 13.8 Å². The minimum atomic E-state index is -0.797. The molecule has 0 amide bonds. The van der Waals surface area contributed by atoms with Crippen LogP contribution >= 0.6 is 0 Å². The summed E-state index contributed by atoms with van der Waals surface area (Å²) >= 11 is 0. The van der Waals surface area contributed by atoms with Gasteiger partial charge in [0.1, 0.15) is 0 Å². The topological polar surface area (TPSA) is 37.3 Å². The van der Waals surface area contributed by atoms with E-state index in [0.29, 0.717) is 17.1 Å². The molecular weight excluding hydrogens is 208 g/mol. The molecule has 0 aliphatic heterocycles. The third-order valence-corrected chi connectivity index (χ3v) is 6.16. The molecule has 0 aromatic carbocycles. The maximum atomic E-state index is 11.6. The summed E-state index contributed by atoms with van der Waals surface area (Å²) in [4.78, 5) is 0. The molecule has 3 fully saturated rings. The standard InChI is InChI=1S/C12H22O2S/c1-12(2)10-4-3-9(11(12)7-10)8-15(14)6-5-13/h9-11,13H,3-8H2,1-2H3/t9-,10-,11-,15-/m0/s1. The number of rotatable bonds is 4. The first kappa shape index (κ1) is 11.6. The van der Waals surface area contributed by atoms with Gasteiger partial charge in [0.05, 0.1) is 6.61 Å². The predicted molar refractivity (Wildman–Crippen MR) is 63.1 cm³/mol. The van der Waals surface area contributed by atoms with Crippen LogP contribution in [-0.2, 0) is 10.8 Å². The van der Waals surface area contributed by atoms with Crippen molar-refractivity contribution in [3.8, 4) is 0 Å². The average molecular weight is 230 g/mol. The van der Waals surface area contributed by atoms with E-state index in [1.54, 1.807) is 0 Å². The molecule has 0 aromatic rings. The van der Waals surface area contributed by atoms with Crippen molar-refractivity contribution < 1.29 is 9.32 Å². The first-order valence-corrected chi connectivity index (χ1v) is 7.50. The summed E-state index contributed by atoms with van der Waals surface area (Å²) in [6.07, 6.45) is 3.94. The number of hydrogen-bond acceptors (Lipinski definition) is 2. The fraction of sp³-hybridized carbons (Fsp3) is 1.00. The fourth-order valence-corrected chi connectivity index (χ4v) is 4.83. The maximum absolute atomic E-state index is 11.6. The second kappa shape index (κ2) is 4.17. The lowest BCUT2D eigenvalue weighted by atomic mass is 9.46. The molecule has 15 heavy (non-hydrogen) atoms. The second-order valence-corrected chi connectivity index (χ2v) is 7.35. The lowest BCUT2D eigenvalue weighted by Crippen LogP contribution is -2.53. The lowest BCUT2D eigenvalue weighted by Gasteiger charge is -2.60. The van der Waals surface area contributed by atoms with Gasteiger partial charge in [-0.05, 0) is 42.4 Å². The van der Waals surface area contributed by atoms with Crippen molar-refractivity contribution >= 4 is 10.8 Å². The highest BCUT2D eigenvalue weighted by atomic mass is 32.2. The summed E-state index contributed by atoms with van der Waals surface area (Å²) in [6, 6.07) is 0. The van der Waals surface area contributed by atoms with Crippen molar-refractivity contribution in [2.45, 2.75) is 33.1 Å². The zero-order chi connectivity index (χ0) is 11.1. The van der Waals surface area contributed by atoms with Gasteiger partial charge < -0.3 is 5.11 Å². The third kappa shape index (κ3) is 2.01. The SMILES string of the molecule is CC1(C)[C@H]2CC[C@@H](C[S@@](=O)CCO)[C@@H]1C2. The molecule has 2 bridgehead atoms. The highest BCUT2D eigenvalue weighted by Gasteiger charge is 2.54. The maximum Gasteiger partial charge on any atom is 0.0546 e. The van der Waals surface area contributed by atoms with E-state index in [1.807, 2.05) is 0 Å². The van der Waals surface area contributed by atoms with Crippen LogP contribution in [0.15, 0.2) is 0 Å². The highest BCUT2D eigenvalue weighted by molar-refractivity contribution is 7.85. The van der Waals surface area contributed by atoms with Gasteiger partial charge in [-0.3, -0.25) is 4.21 Å². The number of aliphatic hydroxyl groups is 1. The molecule has 2 nitrogen and oxygen atoms in total. The Hall–Kier alpha value is 0.110. The van der Waals surface area contributed by atoms with Gasteiger partial charge in [0.15, 0.2) is 0 Å². The van der Waals surface area contributed by atoms with E-state index in [0.717, 1.165) is 17.6 Å². The minimum absolute atomic E-state index is 0.0655. The summed E-state index contributed by atoms with van der Waals surface area (Å²) in [5.74, 6) is 3.65. The average Bonchev–Trinajstić information content (AvgIpc) is 2.17. The molecule has 0 saturated heterocycles. The largest absolute Gasteiger partial charge is 0.395 e. The van der Waals surface area contributed by atoms with Crippen LogP contribution in [0.4, 0.5) is 0 Å². The van der Waals surface area contributed by atoms with E-state index >= 15 is 0 Å². The summed E-state index contributed by atoms with van der Waals surface area (Å²) in [5, 5.41) is 8.75. The van der Waals surface area contributed by atoms with E-state index in [-0.39, 0.29) is 6.61 Å². The van der Waals surface area contributed by atoms with Crippen molar-refractivity contribution in [3.63, 3.8) is 0 Å². The van der Waals surface area contributed by atoms with Crippen LogP contribution in [-0.4, -0.2) is 27.4 Å². The molecular formula is C12H22O2S. The van der Waals surface area contributed by atoms with Gasteiger partial charge >= 0.3 is 0 Å². The molecule has 0 spiro atoms. The zero-order valence-corrected chi connectivity index (χ0v) is 10.6. The van der Waals surface area contributed by atoms with Crippen LogP contribution in [0.1, 0.15) is 33.1 Å². The molecule has 3 aliphatic rings. The first-order valence-electron chi connectivity index (χ1n) is 6.01. The molecule has 3 saturated carbocycles. The smallest absolute Gasteiger partial charge is 0.0546 e. The number of aliphatic hydroxyl groups excluding tert-OH is 1. The fourth-order valence-electron chi connectivity index (χ4n) is 3.59. The number of hydrogen-bond donors (Lipinski definition) is 1. The molecule has 0 radical (unpaired) electrons. The Kier molecular flexibility index (Phi) is 3.22. The van der Waals surface area contributed by atoms with Crippen molar-refractivity contribution in [1.29, 1.82) is 0 Å². The van der Waals surface area contributed by atoms with Crippen LogP contribution < -0.4 is 0 Å². The Morgan fingerprint density at radius 2 is 2.13 bits per heavy atom. The van der Waals surface area contributed by atoms with Crippen LogP contribution in [0, 0.1) is 23.2 Å². The van der Waals surface area contributed by atoms with Gasteiger partial charge in [0.25, 0.3) is 0 Å². The van der Waals surface area contributed by atoms with Gasteiger partial charge in [-0.2, -0.15) is 0 Å². The van der Waals surface area contributed by atoms with Crippen LogP contribution in [0.3, 0.4) is 0 Å². The van der Waals surface area contributed by atoms with Crippen molar-refractivity contribution in [3.05, 3.63) is 0 Å². The third-order valence-electron chi connectivity index (χ3n) is 4.72. The number of fused-ring (bicyclic) bond motifs is 2. The monoisotopic (exact) mass is 230 g/mol.